The van der Waals surface area contributed by atoms with Crippen molar-refractivity contribution in [1.82, 2.24) is 9.88 Å². The van der Waals surface area contributed by atoms with Gasteiger partial charge in [-0.15, -0.1) is 0 Å². The molecule has 26 heavy (non-hydrogen) atoms. The highest BCUT2D eigenvalue weighted by Crippen LogP contribution is 2.35. The Hall–Kier alpha value is -1.92. The van der Waals surface area contributed by atoms with Gasteiger partial charge in [-0.2, -0.15) is 0 Å². The number of pyridine rings is 1. The Labute approximate surface area is 163 Å². The van der Waals surface area contributed by atoms with Gasteiger partial charge in [0.1, 0.15) is 10.1 Å². The molecule has 1 amide bonds. The maximum Gasteiger partial charge on any atom is 0.266 e. The third-order valence-electron chi connectivity index (χ3n) is 4.86. The molecule has 2 fully saturated rings. The molecular weight excluding hydrogens is 362 g/mol. The molecule has 2 aliphatic rings. The van der Waals surface area contributed by atoms with E-state index in [1.807, 2.05) is 31.2 Å². The zero-order valence-electron chi connectivity index (χ0n) is 14.8. The van der Waals surface area contributed by atoms with Crippen molar-refractivity contribution >= 4 is 57.0 Å². The third-order valence-corrected chi connectivity index (χ3v) is 6.24. The molecule has 4 nitrogen and oxygen atoms in total. The molecule has 0 radical (unpaired) electrons. The summed E-state index contributed by atoms with van der Waals surface area (Å²) in [4.78, 5) is 22.2. The van der Waals surface area contributed by atoms with E-state index in [0.29, 0.717) is 15.8 Å². The second-order valence-corrected chi connectivity index (χ2v) is 8.24. The number of thiocarbonyl (C=S) groups is 1. The molecule has 0 aliphatic carbocycles. The molecule has 0 spiro atoms. The lowest BCUT2D eigenvalue weighted by Gasteiger charge is -2.29. The average molecular weight is 384 g/mol. The molecule has 0 atom stereocenters. The molecule has 134 valence electrons. The van der Waals surface area contributed by atoms with Crippen molar-refractivity contribution in [2.24, 2.45) is 0 Å². The smallest absolute Gasteiger partial charge is 0.266 e. The first kappa shape index (κ1) is 17.5. The Bertz CT molecular complexity index is 903. The summed E-state index contributed by atoms with van der Waals surface area (Å²) in [5, 5.41) is 1.09. The normalized spacial score (nSPS) is 19.8. The van der Waals surface area contributed by atoms with E-state index in [1.54, 1.807) is 4.90 Å². The van der Waals surface area contributed by atoms with Crippen LogP contribution in [0.3, 0.4) is 0 Å². The van der Waals surface area contributed by atoms with E-state index in [1.165, 1.54) is 31.0 Å². The van der Waals surface area contributed by atoms with Gasteiger partial charge in [0.15, 0.2) is 0 Å². The molecule has 0 saturated carbocycles. The largest absolute Gasteiger partial charge is 0.356 e. The number of para-hydroxylation sites is 1. The molecule has 0 unspecified atom stereocenters. The number of likely N-dealkylation sites (N-methyl/N-ethyl adjacent to an activating group) is 1. The predicted molar refractivity (Wildman–Crippen MR) is 113 cm³/mol. The number of benzene rings is 1. The fraction of sp³-hybridized carbons (Fsp3) is 0.350. The first-order valence-electron chi connectivity index (χ1n) is 9.07. The highest BCUT2D eigenvalue weighted by atomic mass is 32.2. The van der Waals surface area contributed by atoms with Gasteiger partial charge >= 0.3 is 0 Å². The van der Waals surface area contributed by atoms with E-state index in [9.17, 15) is 4.79 Å². The van der Waals surface area contributed by atoms with Crippen LogP contribution in [-0.4, -0.2) is 39.7 Å². The number of fused-ring (bicyclic) bond motifs is 1. The Kier molecular flexibility index (Phi) is 4.96. The van der Waals surface area contributed by atoms with E-state index in [-0.39, 0.29) is 5.91 Å². The van der Waals surface area contributed by atoms with Gasteiger partial charge in [0.05, 0.1) is 10.4 Å². The van der Waals surface area contributed by atoms with Crippen molar-refractivity contribution in [3.05, 3.63) is 40.8 Å². The lowest BCUT2D eigenvalue weighted by Crippen LogP contribution is -2.30. The first-order chi connectivity index (χ1) is 12.7. The minimum Gasteiger partial charge on any atom is -0.356 e. The van der Waals surface area contributed by atoms with Crippen molar-refractivity contribution in [2.45, 2.75) is 26.2 Å². The maximum atomic E-state index is 12.6. The van der Waals surface area contributed by atoms with Crippen molar-refractivity contribution in [3.63, 3.8) is 0 Å². The summed E-state index contributed by atoms with van der Waals surface area (Å²) >= 11 is 6.73. The van der Waals surface area contributed by atoms with E-state index in [2.05, 4.69) is 17.0 Å². The summed E-state index contributed by atoms with van der Waals surface area (Å²) in [6, 6.07) is 10.3. The molecule has 2 aliphatic heterocycles. The van der Waals surface area contributed by atoms with Gasteiger partial charge in [0.25, 0.3) is 5.91 Å². The number of hydrogen-bond donors (Lipinski definition) is 0. The summed E-state index contributed by atoms with van der Waals surface area (Å²) in [6.07, 6.45) is 5.62. The summed E-state index contributed by atoms with van der Waals surface area (Å²) in [5.74, 6) is 0.977. The molecule has 1 aromatic carbocycles. The quantitative estimate of drug-likeness (QED) is 0.578. The van der Waals surface area contributed by atoms with Crippen molar-refractivity contribution in [1.29, 1.82) is 0 Å². The molecule has 2 aromatic rings. The zero-order chi connectivity index (χ0) is 18.1. The van der Waals surface area contributed by atoms with Crippen LogP contribution in [-0.2, 0) is 4.79 Å². The van der Waals surface area contributed by atoms with Gasteiger partial charge in [0, 0.05) is 30.6 Å². The average Bonchev–Trinajstić information content (AvgIpc) is 2.94. The second kappa shape index (κ2) is 7.37. The van der Waals surface area contributed by atoms with Crippen LogP contribution in [0.5, 0.6) is 0 Å². The highest BCUT2D eigenvalue weighted by Gasteiger charge is 2.31. The molecule has 0 N–H and O–H groups in total. The number of nitrogens with zero attached hydrogens (tertiary/aromatic N) is 3. The number of aromatic nitrogens is 1. The van der Waals surface area contributed by atoms with Crippen LogP contribution in [0.4, 0.5) is 5.82 Å². The zero-order valence-corrected chi connectivity index (χ0v) is 16.4. The molecule has 0 bridgehead atoms. The van der Waals surface area contributed by atoms with Gasteiger partial charge in [-0.25, -0.2) is 4.98 Å². The standard InChI is InChI=1S/C20H21N3OS2/c1-2-23-19(24)17(26-20(23)25)13-15-12-14-8-4-5-9-16(14)21-18(15)22-10-6-3-7-11-22/h4-5,8-9,12-13H,2-3,6-7,10-11H2,1H3. The van der Waals surface area contributed by atoms with Crippen LogP contribution in [0.1, 0.15) is 31.7 Å². The van der Waals surface area contributed by atoms with Crippen LogP contribution in [0.25, 0.3) is 17.0 Å². The molecule has 2 saturated heterocycles. The van der Waals surface area contributed by atoms with Crippen LogP contribution < -0.4 is 4.90 Å². The molecular formula is C20H21N3OS2. The van der Waals surface area contributed by atoms with E-state index < -0.39 is 0 Å². The third kappa shape index (κ3) is 3.23. The van der Waals surface area contributed by atoms with Crippen molar-refractivity contribution in [3.8, 4) is 0 Å². The van der Waals surface area contributed by atoms with Crippen molar-refractivity contribution in [2.75, 3.05) is 24.5 Å². The lowest BCUT2D eigenvalue weighted by atomic mass is 10.1. The number of thioether (sulfide) groups is 1. The number of rotatable bonds is 3. The Morgan fingerprint density at radius 2 is 2.00 bits per heavy atom. The van der Waals surface area contributed by atoms with Gasteiger partial charge in [-0.1, -0.05) is 42.2 Å². The summed E-state index contributed by atoms with van der Waals surface area (Å²) in [7, 11) is 0. The number of hydrogen-bond acceptors (Lipinski definition) is 5. The molecule has 4 rings (SSSR count). The summed E-state index contributed by atoms with van der Waals surface area (Å²) in [5.41, 5.74) is 1.99. The van der Waals surface area contributed by atoms with Crippen LogP contribution in [0.2, 0.25) is 0 Å². The summed E-state index contributed by atoms with van der Waals surface area (Å²) in [6.45, 7) is 4.59. The Balaban J connectivity index is 1.81. The van der Waals surface area contributed by atoms with Gasteiger partial charge < -0.3 is 4.90 Å². The molecule has 1 aromatic heterocycles. The minimum absolute atomic E-state index is 0.000234. The van der Waals surface area contributed by atoms with Gasteiger partial charge in [-0.3, -0.25) is 9.69 Å². The number of anilines is 1. The maximum absolute atomic E-state index is 12.6. The predicted octanol–water partition coefficient (Wildman–Crippen LogP) is 4.45. The van der Waals surface area contributed by atoms with Crippen LogP contribution in [0.15, 0.2) is 35.2 Å². The van der Waals surface area contributed by atoms with Gasteiger partial charge in [-0.05, 0) is 44.4 Å². The van der Waals surface area contributed by atoms with Crippen molar-refractivity contribution < 1.29 is 4.79 Å². The number of piperidine rings is 1. The SMILES string of the molecule is CCN1C(=O)C(=Cc2cc3ccccc3nc2N2CCCCC2)SC1=S. The molecule has 3 heterocycles. The van der Waals surface area contributed by atoms with Gasteiger partial charge in [0.2, 0.25) is 0 Å². The fourth-order valence-electron chi connectivity index (χ4n) is 3.50. The number of amides is 1. The van der Waals surface area contributed by atoms with Crippen LogP contribution in [0, 0.1) is 0 Å². The fourth-order valence-corrected chi connectivity index (χ4v) is 4.88. The monoisotopic (exact) mass is 383 g/mol. The van der Waals surface area contributed by atoms with E-state index >= 15 is 0 Å². The lowest BCUT2D eigenvalue weighted by molar-refractivity contribution is -0.121. The summed E-state index contributed by atoms with van der Waals surface area (Å²) < 4.78 is 0.636. The number of carbonyl (C=O) groups is 1. The van der Waals surface area contributed by atoms with E-state index in [0.717, 1.165) is 35.4 Å². The highest BCUT2D eigenvalue weighted by molar-refractivity contribution is 8.26. The van der Waals surface area contributed by atoms with Crippen LogP contribution >= 0.6 is 24.0 Å². The first-order valence-corrected chi connectivity index (χ1v) is 10.3. The second-order valence-electron chi connectivity index (χ2n) is 6.57. The number of carbonyl (C=O) groups excluding carboxylic acids is 1. The Morgan fingerprint density at radius 3 is 2.73 bits per heavy atom. The minimum atomic E-state index is 0.000234. The Morgan fingerprint density at radius 1 is 1.23 bits per heavy atom. The van der Waals surface area contributed by atoms with E-state index in [4.69, 9.17) is 17.2 Å². The molecule has 6 heteroatoms. The topological polar surface area (TPSA) is 36.4 Å².